The molecule has 1 unspecified atom stereocenters. The predicted molar refractivity (Wildman–Crippen MR) is 77.4 cm³/mol. The first kappa shape index (κ1) is 13.5. The summed E-state index contributed by atoms with van der Waals surface area (Å²) < 4.78 is 14.5. The molecule has 0 radical (unpaired) electrons. The van der Waals surface area contributed by atoms with E-state index in [1.807, 2.05) is 37.3 Å². The van der Waals surface area contributed by atoms with Crippen LogP contribution in [0.5, 0.6) is 0 Å². The number of pyridine rings is 1. The molecule has 3 rings (SSSR count). The van der Waals surface area contributed by atoms with Crippen molar-refractivity contribution in [1.29, 1.82) is 0 Å². The number of hydrogen-bond acceptors (Lipinski definition) is 4. The summed E-state index contributed by atoms with van der Waals surface area (Å²) in [6.45, 7) is 1.73. The van der Waals surface area contributed by atoms with Crippen molar-refractivity contribution in [2.75, 3.05) is 11.9 Å². The molecule has 0 saturated heterocycles. The highest BCUT2D eigenvalue weighted by atomic mass is 19.1. The van der Waals surface area contributed by atoms with Gasteiger partial charge in [0, 0.05) is 0 Å². The van der Waals surface area contributed by atoms with Crippen molar-refractivity contribution in [2.24, 2.45) is 0 Å². The van der Waals surface area contributed by atoms with Crippen LogP contribution >= 0.6 is 0 Å². The Morgan fingerprint density at radius 3 is 2.71 bits per heavy atom. The normalized spacial score (nSPS) is 14.0. The summed E-state index contributed by atoms with van der Waals surface area (Å²) in [5.74, 6) is -0.0482. The second kappa shape index (κ2) is 5.14. The van der Waals surface area contributed by atoms with Gasteiger partial charge >= 0.3 is 0 Å². The summed E-state index contributed by atoms with van der Waals surface area (Å²) in [5.41, 5.74) is 0.731. The van der Waals surface area contributed by atoms with Gasteiger partial charge in [-0.3, -0.25) is 0 Å². The fourth-order valence-corrected chi connectivity index (χ4v) is 2.17. The summed E-state index contributed by atoms with van der Waals surface area (Å²) >= 11 is 0. The maximum Gasteiger partial charge on any atom is 0.243 e. The highest BCUT2D eigenvalue weighted by Crippen LogP contribution is 2.24. The largest absolute Gasteiger partial charge is 0.394 e. The van der Waals surface area contributed by atoms with Gasteiger partial charge in [-0.2, -0.15) is 4.98 Å². The molecule has 2 heterocycles. The summed E-state index contributed by atoms with van der Waals surface area (Å²) in [5, 5.41) is 17.0. The molecule has 0 aliphatic carbocycles. The molecule has 5 nitrogen and oxygen atoms in total. The lowest BCUT2D eigenvalue weighted by molar-refractivity contribution is 0.223. The van der Waals surface area contributed by atoms with Gasteiger partial charge in [0.25, 0.3) is 0 Å². The molecule has 2 aromatic heterocycles. The third kappa shape index (κ3) is 2.57. The van der Waals surface area contributed by atoms with Gasteiger partial charge in [-0.25, -0.2) is 8.91 Å². The van der Waals surface area contributed by atoms with Crippen LogP contribution in [0.15, 0.2) is 48.7 Å². The van der Waals surface area contributed by atoms with Crippen LogP contribution in [0.1, 0.15) is 12.5 Å². The first-order valence-corrected chi connectivity index (χ1v) is 6.57. The van der Waals surface area contributed by atoms with E-state index in [0.717, 1.165) is 5.56 Å². The fourth-order valence-electron chi connectivity index (χ4n) is 2.17. The van der Waals surface area contributed by atoms with E-state index in [1.165, 1.54) is 16.8 Å². The minimum atomic E-state index is -0.718. The molecule has 108 valence electrons. The van der Waals surface area contributed by atoms with Crippen LogP contribution in [0.25, 0.3) is 5.65 Å². The van der Waals surface area contributed by atoms with Gasteiger partial charge in [0.2, 0.25) is 5.95 Å². The Balaban J connectivity index is 1.95. The minimum Gasteiger partial charge on any atom is -0.394 e. The standard InChI is InChI=1S/C15H15FN4O/c1-15(10-21,11-5-3-2-4-6-11)18-14-17-13-8-7-12(16)9-20(13)19-14/h2-9,21H,10H2,1H3,(H,18,19). The van der Waals surface area contributed by atoms with Gasteiger partial charge in [-0.1, -0.05) is 30.3 Å². The number of halogens is 1. The molecule has 0 saturated carbocycles. The molecule has 1 atom stereocenters. The van der Waals surface area contributed by atoms with Gasteiger partial charge in [-0.15, -0.1) is 5.10 Å². The average Bonchev–Trinajstić information content (AvgIpc) is 2.89. The molecular weight excluding hydrogens is 271 g/mol. The van der Waals surface area contributed by atoms with E-state index < -0.39 is 5.54 Å². The molecule has 0 amide bonds. The average molecular weight is 286 g/mol. The molecule has 3 aromatic rings. The maximum absolute atomic E-state index is 13.2. The number of fused-ring (bicyclic) bond motifs is 1. The van der Waals surface area contributed by atoms with Crippen molar-refractivity contribution in [3.05, 3.63) is 60.0 Å². The molecule has 21 heavy (non-hydrogen) atoms. The number of aliphatic hydroxyl groups excluding tert-OH is 1. The Hall–Kier alpha value is -2.47. The summed E-state index contributed by atoms with van der Waals surface area (Å²) in [7, 11) is 0. The Morgan fingerprint density at radius 1 is 1.24 bits per heavy atom. The third-order valence-corrected chi connectivity index (χ3v) is 3.41. The Labute approximate surface area is 121 Å². The number of hydrogen-bond donors (Lipinski definition) is 2. The van der Waals surface area contributed by atoms with E-state index >= 15 is 0 Å². The zero-order valence-corrected chi connectivity index (χ0v) is 11.5. The number of benzene rings is 1. The van der Waals surface area contributed by atoms with E-state index in [2.05, 4.69) is 15.4 Å². The van der Waals surface area contributed by atoms with Crippen molar-refractivity contribution in [1.82, 2.24) is 14.6 Å². The molecule has 6 heteroatoms. The van der Waals surface area contributed by atoms with Gasteiger partial charge in [0.15, 0.2) is 5.65 Å². The topological polar surface area (TPSA) is 62.5 Å². The van der Waals surface area contributed by atoms with Crippen LogP contribution in [0.4, 0.5) is 10.3 Å². The van der Waals surface area contributed by atoms with Gasteiger partial charge in [0.1, 0.15) is 5.82 Å². The van der Waals surface area contributed by atoms with Gasteiger partial charge in [0.05, 0.1) is 18.3 Å². The van der Waals surface area contributed by atoms with Crippen molar-refractivity contribution in [2.45, 2.75) is 12.5 Å². The number of anilines is 1. The SMILES string of the molecule is CC(CO)(Nc1nc2ccc(F)cn2n1)c1ccccc1. The number of nitrogens with zero attached hydrogens (tertiary/aromatic N) is 3. The number of nitrogens with one attached hydrogen (secondary N) is 1. The quantitative estimate of drug-likeness (QED) is 0.771. The Morgan fingerprint density at radius 2 is 2.00 bits per heavy atom. The highest BCUT2D eigenvalue weighted by molar-refractivity contribution is 5.45. The lowest BCUT2D eigenvalue weighted by Gasteiger charge is -2.28. The molecular formula is C15H15FN4O. The molecule has 2 N–H and O–H groups in total. The monoisotopic (exact) mass is 286 g/mol. The number of aliphatic hydroxyl groups is 1. The first-order valence-electron chi connectivity index (χ1n) is 6.57. The highest BCUT2D eigenvalue weighted by Gasteiger charge is 2.27. The summed E-state index contributed by atoms with van der Waals surface area (Å²) in [4.78, 5) is 4.28. The van der Waals surface area contributed by atoms with Crippen molar-refractivity contribution in [3.8, 4) is 0 Å². The third-order valence-electron chi connectivity index (χ3n) is 3.41. The van der Waals surface area contributed by atoms with Crippen LogP contribution in [0, 0.1) is 5.82 Å². The van der Waals surface area contributed by atoms with Crippen molar-refractivity contribution < 1.29 is 9.50 Å². The van der Waals surface area contributed by atoms with Crippen LogP contribution in [0.2, 0.25) is 0 Å². The van der Waals surface area contributed by atoms with Crippen LogP contribution in [-0.4, -0.2) is 26.3 Å². The lowest BCUT2D eigenvalue weighted by atomic mass is 9.93. The smallest absolute Gasteiger partial charge is 0.243 e. The van der Waals surface area contributed by atoms with E-state index in [1.54, 1.807) is 6.07 Å². The van der Waals surface area contributed by atoms with E-state index in [-0.39, 0.29) is 12.4 Å². The molecule has 0 spiro atoms. The molecule has 1 aromatic carbocycles. The van der Waals surface area contributed by atoms with E-state index in [9.17, 15) is 9.50 Å². The van der Waals surface area contributed by atoms with E-state index in [4.69, 9.17) is 0 Å². The molecule has 0 fully saturated rings. The number of aromatic nitrogens is 3. The minimum absolute atomic E-state index is 0.124. The van der Waals surface area contributed by atoms with Crippen LogP contribution in [0.3, 0.4) is 0 Å². The Bertz CT molecular complexity index is 759. The molecule has 0 aliphatic heterocycles. The first-order chi connectivity index (χ1) is 10.1. The van der Waals surface area contributed by atoms with Crippen molar-refractivity contribution in [3.63, 3.8) is 0 Å². The zero-order valence-electron chi connectivity index (χ0n) is 11.5. The van der Waals surface area contributed by atoms with Gasteiger partial charge in [-0.05, 0) is 24.6 Å². The van der Waals surface area contributed by atoms with Crippen LogP contribution < -0.4 is 5.32 Å². The zero-order chi connectivity index (χ0) is 14.9. The summed E-state index contributed by atoms with van der Waals surface area (Å²) in [6.07, 6.45) is 1.26. The van der Waals surface area contributed by atoms with E-state index in [0.29, 0.717) is 11.6 Å². The molecule has 0 bridgehead atoms. The van der Waals surface area contributed by atoms with Crippen molar-refractivity contribution >= 4 is 11.6 Å². The van der Waals surface area contributed by atoms with Crippen LogP contribution in [-0.2, 0) is 5.54 Å². The lowest BCUT2D eigenvalue weighted by Crippen LogP contribution is -2.36. The number of rotatable bonds is 4. The predicted octanol–water partition coefficient (Wildman–Crippen LogP) is 2.19. The second-order valence-corrected chi connectivity index (χ2v) is 5.07. The fraction of sp³-hybridized carbons (Fsp3) is 0.200. The van der Waals surface area contributed by atoms with Gasteiger partial charge < -0.3 is 10.4 Å². The second-order valence-electron chi connectivity index (χ2n) is 5.07. The maximum atomic E-state index is 13.2. The molecule has 0 aliphatic rings. The summed E-state index contributed by atoms with van der Waals surface area (Å²) in [6, 6.07) is 12.4. The Kier molecular flexibility index (Phi) is 3.31.